The van der Waals surface area contributed by atoms with Crippen LogP contribution < -0.4 is 5.32 Å². The van der Waals surface area contributed by atoms with Gasteiger partial charge in [-0.3, -0.25) is 4.79 Å². The minimum absolute atomic E-state index is 0.0388. The molecule has 3 aromatic rings. The number of rotatable bonds is 5. The van der Waals surface area contributed by atoms with Gasteiger partial charge in [0, 0.05) is 12.7 Å². The molecule has 1 amide bonds. The van der Waals surface area contributed by atoms with Crippen molar-refractivity contribution < 1.29 is 4.79 Å². The maximum Gasteiger partial charge on any atom is 0.237 e. The van der Waals surface area contributed by atoms with Gasteiger partial charge < -0.3 is 9.88 Å². The number of aryl methyl sites for hydroxylation is 2. The standard InChI is InChI=1S/C18H20N4OS2/c1-11-7-5-8-12(2)15(11)19-17(23)13(3)25-18-21-20-16(22(18)4)14-9-6-10-24-14/h5-10,13H,1-4H3,(H,19,23)/t13-/m1/s1. The molecule has 0 saturated carbocycles. The molecular formula is C18H20N4OS2. The van der Waals surface area contributed by atoms with E-state index in [9.17, 15) is 4.79 Å². The molecule has 2 heterocycles. The molecule has 1 aromatic carbocycles. The fraction of sp³-hybridized carbons (Fsp3) is 0.278. The Labute approximate surface area is 155 Å². The number of thioether (sulfide) groups is 1. The van der Waals surface area contributed by atoms with Crippen molar-refractivity contribution in [1.29, 1.82) is 0 Å². The third-order valence-corrected chi connectivity index (χ3v) is 5.96. The summed E-state index contributed by atoms with van der Waals surface area (Å²) >= 11 is 3.03. The van der Waals surface area contributed by atoms with E-state index in [0.717, 1.165) is 32.7 Å². The second-order valence-corrected chi connectivity index (χ2v) is 8.11. The number of aromatic nitrogens is 3. The fourth-order valence-electron chi connectivity index (χ4n) is 2.49. The molecule has 0 aliphatic heterocycles. The zero-order valence-corrected chi connectivity index (χ0v) is 16.2. The van der Waals surface area contributed by atoms with Crippen molar-refractivity contribution in [2.75, 3.05) is 5.32 Å². The topological polar surface area (TPSA) is 59.8 Å². The number of thiophene rings is 1. The van der Waals surface area contributed by atoms with Gasteiger partial charge >= 0.3 is 0 Å². The molecule has 7 heteroatoms. The van der Waals surface area contributed by atoms with Crippen LogP contribution >= 0.6 is 23.1 Å². The lowest BCUT2D eigenvalue weighted by Crippen LogP contribution is -2.23. The summed E-state index contributed by atoms with van der Waals surface area (Å²) in [5, 5.41) is 14.0. The number of anilines is 1. The van der Waals surface area contributed by atoms with Crippen molar-refractivity contribution in [3.05, 3.63) is 46.8 Å². The highest BCUT2D eigenvalue weighted by Crippen LogP contribution is 2.29. The summed E-state index contributed by atoms with van der Waals surface area (Å²) in [7, 11) is 1.92. The van der Waals surface area contributed by atoms with Crippen LogP contribution in [-0.4, -0.2) is 25.9 Å². The summed E-state index contributed by atoms with van der Waals surface area (Å²) in [6.45, 7) is 5.87. The molecule has 0 radical (unpaired) electrons. The number of carbonyl (C=O) groups excluding carboxylic acids is 1. The molecule has 0 bridgehead atoms. The van der Waals surface area contributed by atoms with Crippen LogP contribution in [0.1, 0.15) is 18.1 Å². The van der Waals surface area contributed by atoms with E-state index in [4.69, 9.17) is 0 Å². The Morgan fingerprint density at radius 2 is 1.92 bits per heavy atom. The number of benzene rings is 1. The van der Waals surface area contributed by atoms with Gasteiger partial charge in [-0.05, 0) is 43.3 Å². The molecular weight excluding hydrogens is 352 g/mol. The largest absolute Gasteiger partial charge is 0.325 e. The van der Waals surface area contributed by atoms with E-state index in [1.165, 1.54) is 11.8 Å². The van der Waals surface area contributed by atoms with Gasteiger partial charge in [0.1, 0.15) is 0 Å². The van der Waals surface area contributed by atoms with E-state index in [2.05, 4.69) is 15.5 Å². The van der Waals surface area contributed by atoms with Crippen molar-refractivity contribution in [2.24, 2.45) is 7.05 Å². The van der Waals surface area contributed by atoms with E-state index in [1.54, 1.807) is 11.3 Å². The van der Waals surface area contributed by atoms with Crippen LogP contribution in [0.15, 0.2) is 40.9 Å². The lowest BCUT2D eigenvalue weighted by molar-refractivity contribution is -0.115. The van der Waals surface area contributed by atoms with E-state index < -0.39 is 0 Å². The number of para-hydroxylation sites is 1. The lowest BCUT2D eigenvalue weighted by Gasteiger charge is -2.15. The van der Waals surface area contributed by atoms with Crippen molar-refractivity contribution in [2.45, 2.75) is 31.2 Å². The van der Waals surface area contributed by atoms with Crippen molar-refractivity contribution in [1.82, 2.24) is 14.8 Å². The van der Waals surface area contributed by atoms with Gasteiger partial charge in [0.25, 0.3) is 0 Å². The van der Waals surface area contributed by atoms with Crippen LogP contribution in [0.2, 0.25) is 0 Å². The second-order valence-electron chi connectivity index (χ2n) is 5.86. The molecule has 0 aliphatic carbocycles. The highest BCUT2D eigenvalue weighted by molar-refractivity contribution is 8.00. The summed E-state index contributed by atoms with van der Waals surface area (Å²) < 4.78 is 1.93. The zero-order chi connectivity index (χ0) is 18.0. The average Bonchev–Trinajstić information content (AvgIpc) is 3.21. The molecule has 130 valence electrons. The summed E-state index contributed by atoms with van der Waals surface area (Å²) in [6, 6.07) is 9.99. The molecule has 0 unspecified atom stereocenters. The predicted molar refractivity (Wildman–Crippen MR) is 104 cm³/mol. The van der Waals surface area contributed by atoms with Gasteiger partial charge in [-0.25, -0.2) is 0 Å². The first kappa shape index (κ1) is 17.7. The molecule has 5 nitrogen and oxygen atoms in total. The monoisotopic (exact) mass is 372 g/mol. The third kappa shape index (κ3) is 3.77. The van der Waals surface area contributed by atoms with Gasteiger partial charge in [-0.15, -0.1) is 21.5 Å². The molecule has 25 heavy (non-hydrogen) atoms. The first-order valence-corrected chi connectivity index (χ1v) is 9.70. The molecule has 0 fully saturated rings. The molecule has 3 rings (SSSR count). The average molecular weight is 373 g/mol. The number of hydrogen-bond donors (Lipinski definition) is 1. The van der Waals surface area contributed by atoms with Crippen LogP contribution in [0.3, 0.4) is 0 Å². The Bertz CT molecular complexity index is 866. The maximum atomic E-state index is 12.6. The van der Waals surface area contributed by atoms with Gasteiger partial charge in [0.05, 0.1) is 10.1 Å². The van der Waals surface area contributed by atoms with Crippen LogP contribution in [0, 0.1) is 13.8 Å². The second kappa shape index (κ2) is 7.41. The Kier molecular flexibility index (Phi) is 5.24. The predicted octanol–water partition coefficient (Wildman–Crippen LogP) is 4.28. The first-order chi connectivity index (χ1) is 12.0. The fourth-order valence-corrected chi connectivity index (χ4v) is 4.04. The number of nitrogens with zero attached hydrogens (tertiary/aromatic N) is 3. The molecule has 0 aliphatic rings. The van der Waals surface area contributed by atoms with Gasteiger partial charge in [-0.1, -0.05) is 36.0 Å². The Balaban J connectivity index is 1.72. The number of hydrogen-bond acceptors (Lipinski definition) is 5. The van der Waals surface area contributed by atoms with Crippen molar-refractivity contribution in [3.8, 4) is 10.7 Å². The van der Waals surface area contributed by atoms with E-state index in [0.29, 0.717) is 0 Å². The van der Waals surface area contributed by atoms with E-state index in [-0.39, 0.29) is 11.2 Å². The van der Waals surface area contributed by atoms with Crippen molar-refractivity contribution in [3.63, 3.8) is 0 Å². The number of nitrogens with one attached hydrogen (secondary N) is 1. The van der Waals surface area contributed by atoms with Crippen LogP contribution in [0.25, 0.3) is 10.7 Å². The molecule has 1 N–H and O–H groups in total. The SMILES string of the molecule is Cc1cccc(C)c1NC(=O)[C@@H](C)Sc1nnc(-c2cccs2)n1C. The Morgan fingerprint density at radius 1 is 1.20 bits per heavy atom. The van der Waals surface area contributed by atoms with E-state index >= 15 is 0 Å². The minimum Gasteiger partial charge on any atom is -0.325 e. The first-order valence-electron chi connectivity index (χ1n) is 7.94. The summed E-state index contributed by atoms with van der Waals surface area (Å²) in [4.78, 5) is 13.6. The zero-order valence-electron chi connectivity index (χ0n) is 14.6. The van der Waals surface area contributed by atoms with Gasteiger partial charge in [0.15, 0.2) is 11.0 Å². The van der Waals surface area contributed by atoms with Crippen molar-refractivity contribution >= 4 is 34.7 Å². The lowest BCUT2D eigenvalue weighted by atomic mass is 10.1. The van der Waals surface area contributed by atoms with Gasteiger partial charge in [0.2, 0.25) is 5.91 Å². The van der Waals surface area contributed by atoms with Crippen LogP contribution in [0.5, 0.6) is 0 Å². The maximum absolute atomic E-state index is 12.6. The molecule has 0 spiro atoms. The van der Waals surface area contributed by atoms with Crippen LogP contribution in [0.4, 0.5) is 5.69 Å². The number of amides is 1. The summed E-state index contributed by atoms with van der Waals surface area (Å²) in [5.41, 5.74) is 3.01. The molecule has 2 aromatic heterocycles. The normalized spacial score (nSPS) is 12.2. The molecule has 1 atom stereocenters. The third-order valence-electron chi connectivity index (χ3n) is 3.96. The Hall–Kier alpha value is -2.12. The van der Waals surface area contributed by atoms with Crippen LogP contribution in [-0.2, 0) is 11.8 Å². The summed E-state index contributed by atoms with van der Waals surface area (Å²) in [6.07, 6.45) is 0. The smallest absolute Gasteiger partial charge is 0.237 e. The summed E-state index contributed by atoms with van der Waals surface area (Å²) in [5.74, 6) is 0.780. The highest BCUT2D eigenvalue weighted by atomic mass is 32.2. The van der Waals surface area contributed by atoms with Gasteiger partial charge in [-0.2, -0.15) is 0 Å². The highest BCUT2D eigenvalue weighted by Gasteiger charge is 2.20. The quantitative estimate of drug-likeness (QED) is 0.679. The van der Waals surface area contributed by atoms with E-state index in [1.807, 2.05) is 68.1 Å². The number of carbonyl (C=O) groups is 1. The molecule has 0 saturated heterocycles. The minimum atomic E-state index is -0.280. The Morgan fingerprint density at radius 3 is 2.56 bits per heavy atom.